The maximum atomic E-state index is 11.7. The van der Waals surface area contributed by atoms with Crippen molar-refractivity contribution in [2.75, 3.05) is 0 Å². The molecule has 0 aliphatic carbocycles. The van der Waals surface area contributed by atoms with E-state index in [1.165, 1.54) is 5.56 Å². The predicted molar refractivity (Wildman–Crippen MR) is 122 cm³/mol. The molecule has 0 aliphatic heterocycles. The van der Waals surface area contributed by atoms with Crippen LogP contribution in [0.5, 0.6) is 0 Å². The molecule has 0 radical (unpaired) electrons. The summed E-state index contributed by atoms with van der Waals surface area (Å²) < 4.78 is 2.24. The van der Waals surface area contributed by atoms with Gasteiger partial charge in [-0.1, -0.05) is 43.7 Å². The molecule has 3 aromatic carbocycles. The van der Waals surface area contributed by atoms with Gasteiger partial charge in [-0.25, -0.2) is 9.78 Å². The Morgan fingerprint density at radius 3 is 2.53 bits per heavy atom. The molecule has 0 aliphatic rings. The van der Waals surface area contributed by atoms with Gasteiger partial charge in [-0.05, 0) is 72.9 Å². The van der Waals surface area contributed by atoms with Crippen LogP contribution in [-0.4, -0.2) is 20.6 Å². The van der Waals surface area contributed by atoms with E-state index in [0.29, 0.717) is 5.56 Å². The van der Waals surface area contributed by atoms with Crippen LogP contribution in [0.4, 0.5) is 0 Å². The van der Waals surface area contributed by atoms with E-state index in [1.54, 1.807) is 12.1 Å². The van der Waals surface area contributed by atoms with E-state index in [9.17, 15) is 9.90 Å². The Balaban J connectivity index is 1.86. The second-order valence-corrected chi connectivity index (χ2v) is 7.81. The summed E-state index contributed by atoms with van der Waals surface area (Å²) in [6.07, 6.45) is 3.13. The largest absolute Gasteiger partial charge is 0.478 e. The van der Waals surface area contributed by atoms with Crippen LogP contribution in [0, 0.1) is 13.8 Å². The molecule has 0 atom stereocenters. The molecule has 4 heteroatoms. The van der Waals surface area contributed by atoms with Gasteiger partial charge in [-0.3, -0.25) is 4.57 Å². The highest BCUT2D eigenvalue weighted by Crippen LogP contribution is 2.31. The number of carbonyl (C=O) groups is 1. The van der Waals surface area contributed by atoms with Crippen molar-refractivity contribution in [1.82, 2.24) is 9.55 Å². The number of rotatable bonds is 6. The molecule has 0 saturated carbocycles. The van der Waals surface area contributed by atoms with Gasteiger partial charge in [-0.2, -0.15) is 0 Å². The number of carboxylic acid groups (broad SMARTS) is 1. The minimum atomic E-state index is -0.910. The van der Waals surface area contributed by atoms with Crippen LogP contribution in [0.1, 0.15) is 47.1 Å². The van der Waals surface area contributed by atoms with Gasteiger partial charge in [0.1, 0.15) is 5.82 Å². The Morgan fingerprint density at radius 1 is 1.00 bits per heavy atom. The molecule has 0 spiro atoms. The lowest BCUT2D eigenvalue weighted by Crippen LogP contribution is -2.03. The van der Waals surface area contributed by atoms with Gasteiger partial charge in [0.05, 0.1) is 16.6 Å². The van der Waals surface area contributed by atoms with Crippen LogP contribution in [0.3, 0.4) is 0 Å². The Hall–Kier alpha value is -3.40. The molecule has 1 aromatic heterocycles. The summed E-state index contributed by atoms with van der Waals surface area (Å²) in [4.78, 5) is 16.6. The Bertz CT molecular complexity index is 1240. The summed E-state index contributed by atoms with van der Waals surface area (Å²) in [6, 6.07) is 19.8. The van der Waals surface area contributed by atoms with Crippen molar-refractivity contribution in [2.45, 2.75) is 40.0 Å². The smallest absolute Gasteiger partial charge is 0.336 e. The van der Waals surface area contributed by atoms with Gasteiger partial charge in [0.15, 0.2) is 0 Å². The minimum Gasteiger partial charge on any atom is -0.478 e. The molecule has 0 unspecified atom stereocenters. The first-order valence-corrected chi connectivity index (χ1v) is 10.4. The third-order valence-corrected chi connectivity index (χ3v) is 5.55. The van der Waals surface area contributed by atoms with Gasteiger partial charge in [0, 0.05) is 12.1 Å². The lowest BCUT2D eigenvalue weighted by Gasteiger charge is -2.14. The normalized spacial score (nSPS) is 11.2. The zero-order valence-corrected chi connectivity index (χ0v) is 17.6. The first kappa shape index (κ1) is 19.9. The maximum absolute atomic E-state index is 11.7. The number of hydrogen-bond acceptors (Lipinski definition) is 2. The number of unbranched alkanes of at least 4 members (excludes halogenated alkanes) is 1. The average Bonchev–Trinajstić information content (AvgIpc) is 3.09. The Kier molecular flexibility index (Phi) is 5.40. The maximum Gasteiger partial charge on any atom is 0.336 e. The topological polar surface area (TPSA) is 55.1 Å². The summed E-state index contributed by atoms with van der Waals surface area (Å²) in [7, 11) is 0. The van der Waals surface area contributed by atoms with Crippen LogP contribution in [-0.2, 0) is 6.42 Å². The van der Waals surface area contributed by atoms with Crippen molar-refractivity contribution in [3.8, 4) is 16.8 Å². The summed E-state index contributed by atoms with van der Waals surface area (Å²) >= 11 is 0. The minimum absolute atomic E-state index is 0.320. The van der Waals surface area contributed by atoms with Gasteiger partial charge in [0.2, 0.25) is 0 Å². The van der Waals surface area contributed by atoms with Crippen LogP contribution >= 0.6 is 0 Å². The third-order valence-electron chi connectivity index (χ3n) is 5.55. The highest BCUT2D eigenvalue weighted by Gasteiger charge is 2.16. The number of carboxylic acids is 1. The fourth-order valence-electron chi connectivity index (χ4n) is 4.02. The second kappa shape index (κ2) is 8.15. The lowest BCUT2D eigenvalue weighted by molar-refractivity contribution is 0.0697. The van der Waals surface area contributed by atoms with Gasteiger partial charge in [0.25, 0.3) is 0 Å². The number of fused-ring (bicyclic) bond motifs is 1. The molecule has 0 bridgehead atoms. The number of imidazole rings is 1. The van der Waals surface area contributed by atoms with Gasteiger partial charge >= 0.3 is 5.97 Å². The molecule has 4 aromatic rings. The van der Waals surface area contributed by atoms with Crippen LogP contribution in [0.25, 0.3) is 27.8 Å². The van der Waals surface area contributed by atoms with Crippen molar-refractivity contribution >= 4 is 17.0 Å². The summed E-state index contributed by atoms with van der Waals surface area (Å²) in [5.41, 5.74) is 7.41. The summed E-state index contributed by atoms with van der Waals surface area (Å²) in [5, 5.41) is 9.57. The summed E-state index contributed by atoms with van der Waals surface area (Å²) in [6.45, 7) is 6.31. The Labute approximate surface area is 176 Å². The van der Waals surface area contributed by atoms with E-state index in [4.69, 9.17) is 4.98 Å². The van der Waals surface area contributed by atoms with Gasteiger partial charge in [-0.15, -0.1) is 0 Å². The first-order chi connectivity index (χ1) is 14.5. The second-order valence-electron chi connectivity index (χ2n) is 7.81. The number of aromatic nitrogens is 2. The number of aromatic carboxylic acids is 1. The molecule has 0 saturated heterocycles. The van der Waals surface area contributed by atoms with E-state index in [1.807, 2.05) is 25.1 Å². The van der Waals surface area contributed by atoms with Crippen molar-refractivity contribution in [2.24, 2.45) is 0 Å². The fraction of sp³-hybridized carbons (Fsp3) is 0.231. The van der Waals surface area contributed by atoms with E-state index in [0.717, 1.165) is 58.5 Å². The molecule has 0 amide bonds. The van der Waals surface area contributed by atoms with Crippen molar-refractivity contribution in [3.63, 3.8) is 0 Å². The first-order valence-electron chi connectivity index (χ1n) is 10.4. The van der Waals surface area contributed by atoms with E-state index in [2.05, 4.69) is 48.7 Å². The number of hydrogen-bond donors (Lipinski definition) is 1. The van der Waals surface area contributed by atoms with Crippen molar-refractivity contribution < 1.29 is 9.90 Å². The molecule has 0 fully saturated rings. The molecule has 30 heavy (non-hydrogen) atoms. The van der Waals surface area contributed by atoms with Crippen LogP contribution in [0.2, 0.25) is 0 Å². The van der Waals surface area contributed by atoms with Crippen molar-refractivity contribution in [1.29, 1.82) is 0 Å². The van der Waals surface area contributed by atoms with Crippen LogP contribution < -0.4 is 0 Å². The zero-order valence-electron chi connectivity index (χ0n) is 17.6. The third kappa shape index (κ3) is 3.61. The fourth-order valence-corrected chi connectivity index (χ4v) is 4.02. The zero-order chi connectivity index (χ0) is 21.3. The summed E-state index contributed by atoms with van der Waals surface area (Å²) in [5.74, 6) is 0.155. The number of aryl methyl sites for hydroxylation is 3. The molecule has 1 N–H and O–H groups in total. The lowest BCUT2D eigenvalue weighted by atomic mass is 9.95. The SMILES string of the molecule is CCCCc1nc2cc(C)ccc2n1-c1ccc(-c2ccccc2C(=O)O)c(C)c1. The molecular weight excluding hydrogens is 372 g/mol. The number of benzene rings is 3. The number of nitrogens with zero attached hydrogens (tertiary/aromatic N) is 2. The van der Waals surface area contributed by atoms with Crippen LogP contribution in [0.15, 0.2) is 60.7 Å². The quantitative estimate of drug-likeness (QED) is 0.412. The molecule has 4 rings (SSSR count). The van der Waals surface area contributed by atoms with E-state index >= 15 is 0 Å². The monoisotopic (exact) mass is 398 g/mol. The molecule has 1 heterocycles. The van der Waals surface area contributed by atoms with Crippen molar-refractivity contribution in [3.05, 3.63) is 83.2 Å². The molecule has 4 nitrogen and oxygen atoms in total. The van der Waals surface area contributed by atoms with E-state index < -0.39 is 5.97 Å². The molecule has 152 valence electrons. The van der Waals surface area contributed by atoms with E-state index in [-0.39, 0.29) is 0 Å². The molecular formula is C26H26N2O2. The Morgan fingerprint density at radius 2 is 1.80 bits per heavy atom. The van der Waals surface area contributed by atoms with Gasteiger partial charge < -0.3 is 5.11 Å². The highest BCUT2D eigenvalue weighted by molar-refractivity contribution is 5.96. The standard InChI is InChI=1S/C26H26N2O2/c1-4-5-10-25-27-23-15-17(2)11-14-24(23)28(25)19-12-13-20(18(3)16-19)21-8-6-7-9-22(21)26(29)30/h6-9,11-16H,4-5,10H2,1-3H3,(H,29,30). The average molecular weight is 399 g/mol. The predicted octanol–water partition coefficient (Wildman–Crippen LogP) is 6.35. The highest BCUT2D eigenvalue weighted by atomic mass is 16.4.